The van der Waals surface area contributed by atoms with Gasteiger partial charge in [-0.2, -0.15) is 5.21 Å². The second kappa shape index (κ2) is 6.47. The maximum Gasteiger partial charge on any atom is 0.220 e. The molecule has 21 heavy (non-hydrogen) atoms. The van der Waals surface area contributed by atoms with Gasteiger partial charge in [-0.25, -0.2) is 0 Å². The molecule has 6 nitrogen and oxygen atoms in total. The summed E-state index contributed by atoms with van der Waals surface area (Å²) in [6.45, 7) is 6.87. The molecule has 0 fully saturated rings. The third-order valence-corrected chi connectivity index (χ3v) is 3.29. The van der Waals surface area contributed by atoms with Crippen molar-refractivity contribution in [3.8, 4) is 0 Å². The Morgan fingerprint density at radius 3 is 2.52 bits per heavy atom. The van der Waals surface area contributed by atoms with E-state index in [4.69, 9.17) is 0 Å². The van der Waals surface area contributed by atoms with E-state index in [1.54, 1.807) is 0 Å². The topological polar surface area (TPSA) is 83.6 Å². The van der Waals surface area contributed by atoms with E-state index >= 15 is 0 Å². The number of benzene rings is 1. The van der Waals surface area contributed by atoms with E-state index in [-0.39, 0.29) is 11.3 Å². The van der Waals surface area contributed by atoms with E-state index < -0.39 is 0 Å². The number of tetrazole rings is 1. The fourth-order valence-electron chi connectivity index (χ4n) is 1.95. The quantitative estimate of drug-likeness (QED) is 0.877. The Morgan fingerprint density at radius 2 is 1.95 bits per heavy atom. The van der Waals surface area contributed by atoms with E-state index in [0.717, 1.165) is 12.0 Å². The van der Waals surface area contributed by atoms with Crippen LogP contribution >= 0.6 is 0 Å². The molecule has 112 valence electrons. The third kappa shape index (κ3) is 4.66. The summed E-state index contributed by atoms with van der Waals surface area (Å²) in [5, 5.41) is 16.1. The molecule has 0 unspecified atom stereocenters. The van der Waals surface area contributed by atoms with Crippen LogP contribution in [0.5, 0.6) is 0 Å². The molecule has 0 radical (unpaired) electrons. The Morgan fingerprint density at radius 1 is 1.24 bits per heavy atom. The average Bonchev–Trinajstić information content (AvgIpc) is 2.95. The Kier molecular flexibility index (Phi) is 4.67. The number of hydrogen-bond donors (Lipinski definition) is 2. The zero-order valence-corrected chi connectivity index (χ0v) is 12.7. The normalized spacial score (nSPS) is 11.4. The number of nitrogens with one attached hydrogen (secondary N) is 2. The number of H-pyrrole nitrogens is 1. The summed E-state index contributed by atoms with van der Waals surface area (Å²) in [6.07, 6.45) is 1.18. The van der Waals surface area contributed by atoms with Crippen molar-refractivity contribution in [3.63, 3.8) is 0 Å². The monoisotopic (exact) mass is 287 g/mol. The first-order valence-corrected chi connectivity index (χ1v) is 7.03. The van der Waals surface area contributed by atoms with Crippen LogP contribution < -0.4 is 5.32 Å². The molecular formula is C15H21N5O. The second-order valence-electron chi connectivity index (χ2n) is 6.05. The van der Waals surface area contributed by atoms with Crippen LogP contribution in [0.1, 0.15) is 44.1 Å². The van der Waals surface area contributed by atoms with E-state index in [2.05, 4.69) is 71.0 Å². The molecule has 2 rings (SSSR count). The minimum absolute atomic E-state index is 0.0142. The van der Waals surface area contributed by atoms with Crippen LogP contribution in [0.25, 0.3) is 0 Å². The van der Waals surface area contributed by atoms with E-state index in [0.29, 0.717) is 18.8 Å². The number of hydrogen-bond acceptors (Lipinski definition) is 4. The summed E-state index contributed by atoms with van der Waals surface area (Å²) in [7, 11) is 0. The first-order valence-electron chi connectivity index (χ1n) is 7.03. The van der Waals surface area contributed by atoms with Crippen molar-refractivity contribution >= 4 is 5.91 Å². The molecule has 0 spiro atoms. The van der Waals surface area contributed by atoms with Crippen molar-refractivity contribution < 1.29 is 4.79 Å². The van der Waals surface area contributed by atoms with Crippen molar-refractivity contribution in [2.45, 2.75) is 45.6 Å². The molecule has 0 bridgehead atoms. The Hall–Kier alpha value is -2.24. The van der Waals surface area contributed by atoms with Crippen LogP contribution in [0.3, 0.4) is 0 Å². The zero-order valence-electron chi connectivity index (χ0n) is 12.7. The lowest BCUT2D eigenvalue weighted by molar-refractivity contribution is -0.121. The molecular weight excluding hydrogens is 266 g/mol. The number of aryl methyl sites for hydroxylation is 1. The van der Waals surface area contributed by atoms with Gasteiger partial charge in [-0.15, -0.1) is 10.2 Å². The summed E-state index contributed by atoms with van der Waals surface area (Å²) < 4.78 is 0. The number of aromatic amines is 1. The molecule has 1 aromatic carbocycles. The standard InChI is InChI=1S/C15H21N5O/c1-15(2,3)12-7-4-11(5-8-12)6-9-14(21)16-10-13-17-19-20-18-13/h4-5,7-8H,6,9-10H2,1-3H3,(H,16,21)(H,17,18,19,20). The van der Waals surface area contributed by atoms with Crippen LogP contribution in [0, 0.1) is 0 Å². The van der Waals surface area contributed by atoms with Gasteiger partial charge in [0.15, 0.2) is 5.82 Å². The van der Waals surface area contributed by atoms with Gasteiger partial charge in [0.2, 0.25) is 5.91 Å². The summed E-state index contributed by atoms with van der Waals surface area (Å²) in [5.41, 5.74) is 2.62. The predicted octanol–water partition coefficient (Wildman–Crippen LogP) is 1.75. The molecule has 0 atom stereocenters. The van der Waals surface area contributed by atoms with Crippen LogP contribution in [0.4, 0.5) is 0 Å². The summed E-state index contributed by atoms with van der Waals surface area (Å²) in [4.78, 5) is 11.7. The van der Waals surface area contributed by atoms with Crippen LogP contribution in [-0.4, -0.2) is 26.5 Å². The smallest absolute Gasteiger partial charge is 0.220 e. The molecule has 2 aromatic rings. The van der Waals surface area contributed by atoms with E-state index in [9.17, 15) is 4.79 Å². The highest BCUT2D eigenvalue weighted by atomic mass is 16.1. The van der Waals surface area contributed by atoms with Gasteiger partial charge < -0.3 is 5.32 Å². The number of carbonyl (C=O) groups is 1. The summed E-state index contributed by atoms with van der Waals surface area (Å²) in [6, 6.07) is 8.44. The van der Waals surface area contributed by atoms with Crippen molar-refractivity contribution in [2.24, 2.45) is 0 Å². The molecule has 0 aliphatic carbocycles. The van der Waals surface area contributed by atoms with Crippen LogP contribution in [0.2, 0.25) is 0 Å². The fourth-order valence-corrected chi connectivity index (χ4v) is 1.95. The third-order valence-electron chi connectivity index (χ3n) is 3.29. The molecule has 6 heteroatoms. The van der Waals surface area contributed by atoms with Gasteiger partial charge in [-0.05, 0) is 23.0 Å². The summed E-state index contributed by atoms with van der Waals surface area (Å²) >= 11 is 0. The fraction of sp³-hybridized carbons (Fsp3) is 0.467. The van der Waals surface area contributed by atoms with Gasteiger partial charge in [0.25, 0.3) is 0 Å². The maximum atomic E-state index is 11.7. The van der Waals surface area contributed by atoms with Gasteiger partial charge in [0.1, 0.15) is 0 Å². The Balaban J connectivity index is 1.78. The van der Waals surface area contributed by atoms with E-state index in [1.165, 1.54) is 5.56 Å². The average molecular weight is 287 g/mol. The van der Waals surface area contributed by atoms with Gasteiger partial charge >= 0.3 is 0 Å². The zero-order chi connectivity index (χ0) is 15.3. The summed E-state index contributed by atoms with van der Waals surface area (Å²) in [5.74, 6) is 0.470. The van der Waals surface area contributed by atoms with Crippen molar-refractivity contribution in [1.82, 2.24) is 25.9 Å². The lowest BCUT2D eigenvalue weighted by Gasteiger charge is -2.19. The van der Waals surface area contributed by atoms with Crippen LogP contribution in [0.15, 0.2) is 24.3 Å². The first kappa shape index (κ1) is 15.2. The van der Waals surface area contributed by atoms with Gasteiger partial charge in [0, 0.05) is 6.42 Å². The lowest BCUT2D eigenvalue weighted by Crippen LogP contribution is -2.23. The maximum absolute atomic E-state index is 11.7. The number of carbonyl (C=O) groups excluding carboxylic acids is 1. The Labute approximate surface area is 124 Å². The number of aromatic nitrogens is 4. The van der Waals surface area contributed by atoms with Crippen molar-refractivity contribution in [2.75, 3.05) is 0 Å². The first-order chi connectivity index (χ1) is 9.95. The van der Waals surface area contributed by atoms with Gasteiger partial charge in [-0.1, -0.05) is 50.3 Å². The number of amides is 1. The predicted molar refractivity (Wildman–Crippen MR) is 79.5 cm³/mol. The number of rotatable bonds is 5. The minimum atomic E-state index is -0.0142. The molecule has 2 N–H and O–H groups in total. The lowest BCUT2D eigenvalue weighted by atomic mass is 9.86. The molecule has 0 saturated carbocycles. The van der Waals surface area contributed by atoms with Crippen molar-refractivity contribution in [1.29, 1.82) is 0 Å². The van der Waals surface area contributed by atoms with Gasteiger partial charge in [0.05, 0.1) is 6.54 Å². The van der Waals surface area contributed by atoms with Crippen LogP contribution in [-0.2, 0) is 23.2 Å². The molecule has 0 saturated heterocycles. The molecule has 1 amide bonds. The highest BCUT2D eigenvalue weighted by Gasteiger charge is 2.13. The molecule has 1 heterocycles. The highest BCUT2D eigenvalue weighted by molar-refractivity contribution is 5.76. The minimum Gasteiger partial charge on any atom is -0.349 e. The molecule has 0 aliphatic rings. The van der Waals surface area contributed by atoms with Gasteiger partial charge in [-0.3, -0.25) is 4.79 Å². The Bertz CT molecular complexity index is 569. The van der Waals surface area contributed by atoms with Crippen molar-refractivity contribution in [3.05, 3.63) is 41.2 Å². The second-order valence-corrected chi connectivity index (χ2v) is 6.05. The highest BCUT2D eigenvalue weighted by Crippen LogP contribution is 2.22. The largest absolute Gasteiger partial charge is 0.349 e. The molecule has 0 aliphatic heterocycles. The SMILES string of the molecule is CC(C)(C)c1ccc(CCC(=O)NCc2nn[nH]n2)cc1. The number of nitrogens with zero attached hydrogens (tertiary/aromatic N) is 3. The van der Waals surface area contributed by atoms with E-state index in [1.807, 2.05) is 0 Å². The molecule has 1 aromatic heterocycles.